The highest BCUT2D eigenvalue weighted by Gasteiger charge is 2.41. The number of carboxylic acid groups (broad SMARTS) is 1. The molecule has 1 aliphatic heterocycles. The third-order valence-corrected chi connectivity index (χ3v) is 3.47. The van der Waals surface area contributed by atoms with Gasteiger partial charge in [-0.05, 0) is 35.9 Å². The second-order valence-electron chi connectivity index (χ2n) is 5.10. The Kier molecular flexibility index (Phi) is 3.99. The molecule has 122 valence electrons. The molecule has 1 unspecified atom stereocenters. The van der Waals surface area contributed by atoms with E-state index in [-0.39, 0.29) is 23.7 Å². The number of Topliss-reactive ketones (excluding diaryl/α,β-unsaturated/α-hetero) is 2. The van der Waals surface area contributed by atoms with Gasteiger partial charge in [0.25, 0.3) is 5.78 Å². The van der Waals surface area contributed by atoms with E-state index in [2.05, 4.69) is 0 Å². The number of hydrogen-bond acceptors (Lipinski definition) is 5. The number of hydrogen-bond donors (Lipinski definition) is 1. The molecule has 0 amide bonds. The molecule has 0 saturated carbocycles. The molecule has 0 radical (unpaired) electrons. The largest absolute Gasteiger partial charge is 0.489 e. The van der Waals surface area contributed by atoms with Crippen molar-refractivity contribution in [2.24, 2.45) is 0 Å². The second-order valence-corrected chi connectivity index (χ2v) is 5.10. The third kappa shape index (κ3) is 2.96. The summed E-state index contributed by atoms with van der Waals surface area (Å²) in [4.78, 5) is 34.2. The lowest BCUT2D eigenvalue weighted by atomic mass is 10.1. The Bertz CT molecular complexity index is 827. The quantitative estimate of drug-likeness (QED) is 0.666. The summed E-state index contributed by atoms with van der Waals surface area (Å²) in [6.45, 7) is 0.158. The van der Waals surface area contributed by atoms with Gasteiger partial charge >= 0.3 is 5.97 Å². The number of aliphatic carboxylic acids is 1. The van der Waals surface area contributed by atoms with E-state index in [0.29, 0.717) is 5.75 Å². The van der Waals surface area contributed by atoms with E-state index in [1.807, 2.05) is 0 Å². The molecular weight excluding hydrogens is 319 g/mol. The lowest BCUT2D eigenvalue weighted by molar-refractivity contribution is -0.151. The van der Waals surface area contributed by atoms with Crippen LogP contribution in [0.1, 0.15) is 15.9 Å². The molecule has 0 saturated heterocycles. The van der Waals surface area contributed by atoms with Crippen molar-refractivity contribution in [1.82, 2.24) is 0 Å². The molecule has 0 aromatic heterocycles. The van der Waals surface area contributed by atoms with Gasteiger partial charge in [0.2, 0.25) is 11.9 Å². The summed E-state index contributed by atoms with van der Waals surface area (Å²) in [6, 6.07) is 10.1. The summed E-state index contributed by atoms with van der Waals surface area (Å²) in [6.07, 6.45) is -1.66. The maximum Gasteiger partial charge on any atom is 0.376 e. The number of fused-ring (bicyclic) bond motifs is 1. The molecule has 2 aromatic rings. The van der Waals surface area contributed by atoms with Gasteiger partial charge < -0.3 is 14.6 Å². The number of carbonyl (C=O) groups excluding carboxylic acids is 2. The minimum atomic E-state index is -1.73. The topological polar surface area (TPSA) is 89.9 Å². The van der Waals surface area contributed by atoms with Crippen LogP contribution in [0.4, 0.5) is 4.39 Å². The smallest absolute Gasteiger partial charge is 0.376 e. The monoisotopic (exact) mass is 330 g/mol. The molecule has 2 aromatic carbocycles. The van der Waals surface area contributed by atoms with Crippen molar-refractivity contribution in [2.45, 2.75) is 12.7 Å². The van der Waals surface area contributed by atoms with E-state index in [1.54, 1.807) is 12.1 Å². The van der Waals surface area contributed by atoms with Crippen molar-refractivity contribution < 1.29 is 33.4 Å². The summed E-state index contributed by atoms with van der Waals surface area (Å²) in [5.74, 6) is -3.64. The number of ketones is 2. The van der Waals surface area contributed by atoms with Crippen LogP contribution in [0.5, 0.6) is 11.5 Å². The van der Waals surface area contributed by atoms with Crippen LogP contribution in [0.25, 0.3) is 0 Å². The van der Waals surface area contributed by atoms with Crippen LogP contribution in [0.3, 0.4) is 0 Å². The zero-order valence-corrected chi connectivity index (χ0v) is 12.2. The fourth-order valence-electron chi connectivity index (χ4n) is 2.25. The molecule has 7 heteroatoms. The molecule has 24 heavy (non-hydrogen) atoms. The molecule has 6 nitrogen and oxygen atoms in total. The number of benzene rings is 2. The first-order chi connectivity index (χ1) is 11.5. The minimum absolute atomic E-state index is 0.0891. The minimum Gasteiger partial charge on any atom is -0.489 e. The third-order valence-electron chi connectivity index (χ3n) is 3.47. The highest BCUT2D eigenvalue weighted by Crippen LogP contribution is 2.32. The first kappa shape index (κ1) is 15.7. The predicted molar refractivity (Wildman–Crippen MR) is 78.6 cm³/mol. The van der Waals surface area contributed by atoms with Crippen molar-refractivity contribution in [3.63, 3.8) is 0 Å². The number of rotatable bonds is 5. The molecule has 0 bridgehead atoms. The van der Waals surface area contributed by atoms with Crippen LogP contribution in [-0.2, 0) is 16.2 Å². The molecule has 0 aliphatic carbocycles. The predicted octanol–water partition coefficient (Wildman–Crippen LogP) is 2.00. The molecule has 3 rings (SSSR count). The zero-order chi connectivity index (χ0) is 17.3. The summed E-state index contributed by atoms with van der Waals surface area (Å²) in [5.41, 5.74) is 0.824. The van der Waals surface area contributed by atoms with Crippen molar-refractivity contribution in [2.75, 3.05) is 0 Å². The highest BCUT2D eigenvalue weighted by molar-refractivity contribution is 6.41. The lowest BCUT2D eigenvalue weighted by Gasteiger charge is -2.07. The van der Waals surface area contributed by atoms with E-state index in [0.717, 1.165) is 5.56 Å². The van der Waals surface area contributed by atoms with Crippen LogP contribution < -0.4 is 9.47 Å². The van der Waals surface area contributed by atoms with Gasteiger partial charge in [-0.15, -0.1) is 0 Å². The average molecular weight is 330 g/mol. The van der Waals surface area contributed by atoms with Crippen molar-refractivity contribution in [3.8, 4) is 11.5 Å². The molecule has 1 N–H and O–H groups in total. The molecular formula is C17H11FO6. The van der Waals surface area contributed by atoms with Crippen molar-refractivity contribution in [1.29, 1.82) is 0 Å². The van der Waals surface area contributed by atoms with E-state index >= 15 is 0 Å². The summed E-state index contributed by atoms with van der Waals surface area (Å²) in [7, 11) is 0. The van der Waals surface area contributed by atoms with Gasteiger partial charge in [0.15, 0.2) is 0 Å². The summed E-state index contributed by atoms with van der Waals surface area (Å²) < 4.78 is 23.5. The molecule has 1 heterocycles. The fourth-order valence-corrected chi connectivity index (χ4v) is 2.25. The van der Waals surface area contributed by atoms with Gasteiger partial charge in [0.1, 0.15) is 23.9 Å². The first-order valence-corrected chi connectivity index (χ1v) is 6.95. The van der Waals surface area contributed by atoms with Gasteiger partial charge in [-0.2, -0.15) is 0 Å². The zero-order valence-electron chi connectivity index (χ0n) is 12.2. The van der Waals surface area contributed by atoms with Crippen LogP contribution in [-0.4, -0.2) is 28.7 Å². The van der Waals surface area contributed by atoms with Crippen molar-refractivity contribution in [3.05, 3.63) is 59.4 Å². The van der Waals surface area contributed by atoms with E-state index < -0.39 is 23.6 Å². The van der Waals surface area contributed by atoms with Gasteiger partial charge in [-0.25, -0.2) is 9.18 Å². The highest BCUT2D eigenvalue weighted by atomic mass is 19.1. The van der Waals surface area contributed by atoms with E-state index in [9.17, 15) is 18.8 Å². The Morgan fingerprint density at radius 1 is 1.17 bits per heavy atom. The maximum absolute atomic E-state index is 12.8. The number of ether oxygens (including phenoxy) is 2. The Labute approximate surface area is 135 Å². The number of carboxylic acids is 1. The summed E-state index contributed by atoms with van der Waals surface area (Å²) >= 11 is 0. The van der Waals surface area contributed by atoms with Gasteiger partial charge in [0.05, 0.1) is 5.56 Å². The molecule has 0 fully saturated rings. The fraction of sp³-hybridized carbons (Fsp3) is 0.118. The Morgan fingerprint density at radius 2 is 1.88 bits per heavy atom. The van der Waals surface area contributed by atoms with Crippen LogP contribution in [0.2, 0.25) is 0 Å². The summed E-state index contributed by atoms with van der Waals surface area (Å²) in [5, 5.41) is 8.69. The number of carbonyl (C=O) groups is 3. The Balaban J connectivity index is 1.74. The second kappa shape index (κ2) is 6.11. The van der Waals surface area contributed by atoms with Crippen molar-refractivity contribution >= 4 is 17.5 Å². The number of halogens is 1. The average Bonchev–Trinajstić information content (AvgIpc) is 2.90. The van der Waals surface area contributed by atoms with E-state index in [4.69, 9.17) is 14.6 Å². The standard InChI is InChI=1S/C17H11FO6/c18-10-3-1-9(2-4-10)8-23-11-5-6-13-12(7-11)14(19)16(24-13)15(20)17(21)22/h1-7,16H,8H2,(H,21,22). The maximum atomic E-state index is 12.8. The normalized spacial score (nSPS) is 15.5. The van der Waals surface area contributed by atoms with E-state index in [1.165, 1.54) is 30.3 Å². The lowest BCUT2D eigenvalue weighted by Crippen LogP contribution is -2.36. The van der Waals surface area contributed by atoms with Gasteiger partial charge in [0, 0.05) is 0 Å². The van der Waals surface area contributed by atoms with Gasteiger partial charge in [-0.1, -0.05) is 12.1 Å². The molecule has 1 aliphatic rings. The molecule has 0 spiro atoms. The SMILES string of the molecule is O=C(O)C(=O)C1Oc2ccc(OCc3ccc(F)cc3)cc2C1=O. The molecule has 1 atom stereocenters. The first-order valence-electron chi connectivity index (χ1n) is 6.95. The van der Waals surface area contributed by atoms with Crippen LogP contribution in [0, 0.1) is 5.82 Å². The Hall–Kier alpha value is -3.22. The van der Waals surface area contributed by atoms with Crippen LogP contribution >= 0.6 is 0 Å². The van der Waals surface area contributed by atoms with Gasteiger partial charge in [-0.3, -0.25) is 9.59 Å². The van der Waals surface area contributed by atoms with Crippen LogP contribution in [0.15, 0.2) is 42.5 Å². The Morgan fingerprint density at radius 3 is 2.54 bits per heavy atom.